The molecule has 1 amide bonds. The average Bonchev–Trinajstić information content (AvgIpc) is 3.28. The maximum Gasteiger partial charge on any atom is 0.263 e. The summed E-state index contributed by atoms with van der Waals surface area (Å²) >= 11 is 1.49. The summed E-state index contributed by atoms with van der Waals surface area (Å²) in [5, 5.41) is 5.67. The zero-order valence-corrected chi connectivity index (χ0v) is 16.1. The molecule has 0 N–H and O–H groups in total. The Morgan fingerprint density at radius 1 is 1.15 bits per heavy atom. The highest BCUT2D eigenvalue weighted by atomic mass is 32.1. The van der Waals surface area contributed by atoms with Crippen molar-refractivity contribution in [3.05, 3.63) is 77.1 Å². The number of benzene rings is 1. The van der Waals surface area contributed by atoms with E-state index in [-0.39, 0.29) is 5.91 Å². The Labute approximate surface area is 161 Å². The smallest absolute Gasteiger partial charge is 0.263 e. The number of aryl methyl sites for hydroxylation is 1. The minimum Gasteiger partial charge on any atom is -0.341 e. The van der Waals surface area contributed by atoms with Crippen molar-refractivity contribution in [1.82, 2.24) is 19.7 Å². The lowest BCUT2D eigenvalue weighted by atomic mass is 10.2. The van der Waals surface area contributed by atoms with Gasteiger partial charge in [-0.05, 0) is 37.3 Å². The first-order valence-electron chi connectivity index (χ1n) is 8.83. The van der Waals surface area contributed by atoms with Crippen molar-refractivity contribution in [2.45, 2.75) is 13.3 Å². The van der Waals surface area contributed by atoms with Crippen molar-refractivity contribution in [3.63, 3.8) is 0 Å². The van der Waals surface area contributed by atoms with Gasteiger partial charge in [-0.2, -0.15) is 5.10 Å². The summed E-state index contributed by atoms with van der Waals surface area (Å²) in [7, 11) is 1.84. The predicted molar refractivity (Wildman–Crippen MR) is 109 cm³/mol. The van der Waals surface area contributed by atoms with Crippen molar-refractivity contribution in [2.24, 2.45) is 0 Å². The highest BCUT2D eigenvalue weighted by molar-refractivity contribution is 7.20. The van der Waals surface area contributed by atoms with Crippen LogP contribution in [-0.2, 0) is 6.42 Å². The Hall–Kier alpha value is -2.99. The number of hydrogen-bond donors (Lipinski definition) is 0. The second-order valence-electron chi connectivity index (χ2n) is 6.46. The molecule has 0 aliphatic heterocycles. The molecule has 0 aliphatic rings. The molecule has 0 saturated heterocycles. The van der Waals surface area contributed by atoms with E-state index in [1.165, 1.54) is 11.3 Å². The van der Waals surface area contributed by atoms with Gasteiger partial charge < -0.3 is 4.90 Å². The van der Waals surface area contributed by atoms with E-state index in [1.807, 2.05) is 73.3 Å². The van der Waals surface area contributed by atoms with Crippen molar-refractivity contribution in [3.8, 4) is 5.69 Å². The molecule has 4 aromatic rings. The van der Waals surface area contributed by atoms with Crippen LogP contribution in [0.25, 0.3) is 15.9 Å². The van der Waals surface area contributed by atoms with Gasteiger partial charge in [0.25, 0.3) is 5.91 Å². The standard InChI is InChI=1S/C21H20N4OS/c1-15-18-14-19(20(26)24(2)13-11-16-8-6-7-12-22-16)27-21(18)25(23-15)17-9-4-3-5-10-17/h3-10,12,14H,11,13H2,1-2H3. The molecular formula is C21H20N4OS. The fourth-order valence-electron chi connectivity index (χ4n) is 3.01. The first-order valence-corrected chi connectivity index (χ1v) is 9.65. The molecule has 3 heterocycles. The molecule has 0 unspecified atom stereocenters. The number of hydrogen-bond acceptors (Lipinski definition) is 4. The maximum atomic E-state index is 12.9. The van der Waals surface area contributed by atoms with Crippen LogP contribution in [0.3, 0.4) is 0 Å². The number of fused-ring (bicyclic) bond motifs is 1. The lowest BCUT2D eigenvalue weighted by molar-refractivity contribution is 0.0801. The first kappa shape index (κ1) is 17.4. The van der Waals surface area contributed by atoms with Gasteiger partial charge in [0.05, 0.1) is 16.3 Å². The maximum absolute atomic E-state index is 12.9. The Morgan fingerprint density at radius 3 is 2.67 bits per heavy atom. The van der Waals surface area contributed by atoms with Crippen molar-refractivity contribution >= 4 is 27.5 Å². The highest BCUT2D eigenvalue weighted by Gasteiger charge is 2.19. The number of para-hydroxylation sites is 1. The molecule has 0 spiro atoms. The third-order valence-electron chi connectivity index (χ3n) is 4.53. The SMILES string of the molecule is Cc1nn(-c2ccccc2)c2sc(C(=O)N(C)CCc3ccccn3)cc12. The normalized spacial score (nSPS) is 11.0. The van der Waals surface area contributed by atoms with E-state index in [4.69, 9.17) is 0 Å². The summed E-state index contributed by atoms with van der Waals surface area (Å²) in [6.07, 6.45) is 2.52. The zero-order chi connectivity index (χ0) is 18.8. The first-order chi connectivity index (χ1) is 13.1. The summed E-state index contributed by atoms with van der Waals surface area (Å²) in [6.45, 7) is 2.61. The molecular weight excluding hydrogens is 356 g/mol. The van der Waals surface area contributed by atoms with Crippen LogP contribution < -0.4 is 0 Å². The van der Waals surface area contributed by atoms with E-state index in [0.29, 0.717) is 6.54 Å². The van der Waals surface area contributed by atoms with E-state index in [0.717, 1.165) is 38.6 Å². The number of carbonyl (C=O) groups excluding carboxylic acids is 1. The summed E-state index contributed by atoms with van der Waals surface area (Å²) in [5.74, 6) is 0.0335. The molecule has 0 fully saturated rings. The number of aromatic nitrogens is 3. The van der Waals surface area contributed by atoms with Crippen LogP contribution in [0, 0.1) is 6.92 Å². The summed E-state index contributed by atoms with van der Waals surface area (Å²) in [6, 6.07) is 17.8. The quantitative estimate of drug-likeness (QED) is 0.527. The molecule has 0 saturated carbocycles. The Bertz CT molecular complexity index is 1070. The number of nitrogens with zero attached hydrogens (tertiary/aromatic N) is 4. The number of likely N-dealkylation sites (N-methyl/N-ethyl adjacent to an activating group) is 1. The van der Waals surface area contributed by atoms with Crippen molar-refractivity contribution < 1.29 is 4.79 Å². The highest BCUT2D eigenvalue weighted by Crippen LogP contribution is 2.31. The molecule has 0 radical (unpaired) electrons. The third kappa shape index (κ3) is 3.48. The Balaban J connectivity index is 1.57. The van der Waals surface area contributed by atoms with Crippen LogP contribution in [0.5, 0.6) is 0 Å². The minimum atomic E-state index is 0.0335. The average molecular weight is 376 g/mol. The number of carbonyl (C=O) groups is 1. The molecule has 136 valence electrons. The van der Waals surface area contributed by atoms with E-state index in [2.05, 4.69) is 10.1 Å². The Kier molecular flexibility index (Phi) is 4.73. The third-order valence-corrected chi connectivity index (χ3v) is 5.63. The molecule has 4 rings (SSSR count). The zero-order valence-electron chi connectivity index (χ0n) is 15.3. The molecule has 0 aliphatic carbocycles. The molecule has 5 nitrogen and oxygen atoms in total. The van der Waals surface area contributed by atoms with Gasteiger partial charge in [-0.3, -0.25) is 9.78 Å². The topological polar surface area (TPSA) is 51.0 Å². The van der Waals surface area contributed by atoms with E-state index in [9.17, 15) is 4.79 Å². The van der Waals surface area contributed by atoms with Crippen LogP contribution in [-0.4, -0.2) is 39.2 Å². The predicted octanol–water partition coefficient (Wildman–Crippen LogP) is 4.11. The number of pyridine rings is 1. The number of amides is 1. The summed E-state index contributed by atoms with van der Waals surface area (Å²) in [4.78, 5) is 20.7. The lowest BCUT2D eigenvalue weighted by Crippen LogP contribution is -2.28. The fraction of sp³-hybridized carbons (Fsp3) is 0.190. The van der Waals surface area contributed by atoms with Crippen LogP contribution >= 0.6 is 11.3 Å². The monoisotopic (exact) mass is 376 g/mol. The van der Waals surface area contributed by atoms with Crippen LogP contribution in [0.4, 0.5) is 0 Å². The number of rotatable bonds is 5. The molecule has 3 aromatic heterocycles. The summed E-state index contributed by atoms with van der Waals surface area (Å²) in [5.41, 5.74) is 2.92. The van der Waals surface area contributed by atoms with Gasteiger partial charge in [-0.25, -0.2) is 4.68 Å². The van der Waals surface area contributed by atoms with Gasteiger partial charge in [0.15, 0.2) is 0 Å². The van der Waals surface area contributed by atoms with E-state index in [1.54, 1.807) is 11.1 Å². The van der Waals surface area contributed by atoms with Crippen LogP contribution in [0.15, 0.2) is 60.8 Å². The molecule has 6 heteroatoms. The van der Waals surface area contributed by atoms with Crippen molar-refractivity contribution in [1.29, 1.82) is 0 Å². The van der Waals surface area contributed by atoms with Gasteiger partial charge in [0.2, 0.25) is 0 Å². The van der Waals surface area contributed by atoms with Crippen molar-refractivity contribution in [2.75, 3.05) is 13.6 Å². The van der Waals surface area contributed by atoms with Crippen LogP contribution in [0.1, 0.15) is 21.1 Å². The molecule has 0 atom stereocenters. The summed E-state index contributed by atoms with van der Waals surface area (Å²) < 4.78 is 1.92. The van der Waals surface area contributed by atoms with Gasteiger partial charge in [0, 0.05) is 37.3 Å². The second-order valence-corrected chi connectivity index (χ2v) is 7.49. The second kappa shape index (κ2) is 7.32. The lowest BCUT2D eigenvalue weighted by Gasteiger charge is -2.15. The van der Waals surface area contributed by atoms with E-state index < -0.39 is 0 Å². The molecule has 27 heavy (non-hydrogen) atoms. The largest absolute Gasteiger partial charge is 0.341 e. The van der Waals surface area contributed by atoms with Gasteiger partial charge >= 0.3 is 0 Å². The van der Waals surface area contributed by atoms with Gasteiger partial charge in [-0.1, -0.05) is 24.3 Å². The minimum absolute atomic E-state index is 0.0335. The van der Waals surface area contributed by atoms with Gasteiger partial charge in [-0.15, -0.1) is 11.3 Å². The van der Waals surface area contributed by atoms with E-state index >= 15 is 0 Å². The number of thiophene rings is 1. The van der Waals surface area contributed by atoms with Gasteiger partial charge in [0.1, 0.15) is 4.83 Å². The Morgan fingerprint density at radius 2 is 1.93 bits per heavy atom. The fourth-order valence-corrected chi connectivity index (χ4v) is 4.19. The molecule has 1 aromatic carbocycles. The van der Waals surface area contributed by atoms with Crippen LogP contribution in [0.2, 0.25) is 0 Å². The molecule has 0 bridgehead atoms.